The number of urea groups is 1. The van der Waals surface area contributed by atoms with Crippen LogP contribution in [0.2, 0.25) is 0 Å². The zero-order valence-electron chi connectivity index (χ0n) is 19.6. The number of amides is 3. The molecular formula is C26H35N3O3. The first-order valence-corrected chi connectivity index (χ1v) is 11.3. The van der Waals surface area contributed by atoms with Gasteiger partial charge in [0.1, 0.15) is 5.60 Å². The fraction of sp³-hybridized carbons (Fsp3) is 0.462. The van der Waals surface area contributed by atoms with Crippen molar-refractivity contribution in [3.63, 3.8) is 0 Å². The van der Waals surface area contributed by atoms with E-state index >= 15 is 0 Å². The Bertz CT molecular complexity index is 883. The third-order valence-corrected chi connectivity index (χ3v) is 5.58. The quantitative estimate of drug-likeness (QED) is 0.707. The summed E-state index contributed by atoms with van der Waals surface area (Å²) >= 11 is 0. The van der Waals surface area contributed by atoms with Gasteiger partial charge in [-0.25, -0.2) is 9.59 Å². The van der Waals surface area contributed by atoms with E-state index in [1.165, 1.54) is 5.56 Å². The lowest BCUT2D eigenvalue weighted by Crippen LogP contribution is -2.51. The van der Waals surface area contributed by atoms with E-state index in [9.17, 15) is 9.59 Å². The molecule has 3 amide bonds. The number of nitrogens with one attached hydrogen (secondary N) is 1. The summed E-state index contributed by atoms with van der Waals surface area (Å²) in [5, 5.41) is 3.08. The summed E-state index contributed by atoms with van der Waals surface area (Å²) in [4.78, 5) is 29.3. The van der Waals surface area contributed by atoms with Crippen LogP contribution < -0.4 is 5.32 Å². The van der Waals surface area contributed by atoms with E-state index in [0.717, 1.165) is 24.0 Å². The Balaban J connectivity index is 1.64. The molecule has 0 bridgehead atoms. The molecule has 1 aliphatic heterocycles. The van der Waals surface area contributed by atoms with Crippen LogP contribution in [0.25, 0.3) is 0 Å². The fourth-order valence-electron chi connectivity index (χ4n) is 3.82. The van der Waals surface area contributed by atoms with E-state index in [1.807, 2.05) is 75.1 Å². The third-order valence-electron chi connectivity index (χ3n) is 5.58. The van der Waals surface area contributed by atoms with Gasteiger partial charge in [0, 0.05) is 32.2 Å². The molecule has 3 rings (SSSR count). The molecule has 172 valence electrons. The van der Waals surface area contributed by atoms with Gasteiger partial charge in [-0.3, -0.25) is 0 Å². The van der Waals surface area contributed by atoms with Gasteiger partial charge in [-0.05, 0) is 51.7 Å². The zero-order valence-corrected chi connectivity index (χ0v) is 19.6. The largest absolute Gasteiger partial charge is 0.444 e. The van der Waals surface area contributed by atoms with E-state index in [-0.39, 0.29) is 18.2 Å². The highest BCUT2D eigenvalue weighted by molar-refractivity contribution is 5.74. The number of ether oxygens (including phenoxy) is 1. The first kappa shape index (κ1) is 23.6. The smallest absolute Gasteiger partial charge is 0.410 e. The number of aryl methyl sites for hydroxylation is 1. The number of likely N-dealkylation sites (tertiary alicyclic amines) is 1. The van der Waals surface area contributed by atoms with Crippen LogP contribution in [0.15, 0.2) is 54.6 Å². The Kier molecular flexibility index (Phi) is 7.78. The molecule has 0 unspecified atom stereocenters. The molecule has 0 saturated carbocycles. The molecule has 0 spiro atoms. The van der Waals surface area contributed by atoms with Crippen LogP contribution in [0.4, 0.5) is 9.59 Å². The summed E-state index contributed by atoms with van der Waals surface area (Å²) in [6.45, 7) is 9.85. The van der Waals surface area contributed by atoms with Gasteiger partial charge in [-0.15, -0.1) is 0 Å². The van der Waals surface area contributed by atoms with Crippen LogP contribution >= 0.6 is 0 Å². The second-order valence-electron chi connectivity index (χ2n) is 9.46. The number of nitrogens with zero attached hydrogens (tertiary/aromatic N) is 2. The van der Waals surface area contributed by atoms with Crippen LogP contribution in [0.1, 0.15) is 50.3 Å². The van der Waals surface area contributed by atoms with E-state index in [2.05, 4.69) is 17.4 Å². The van der Waals surface area contributed by atoms with E-state index in [0.29, 0.717) is 26.2 Å². The summed E-state index contributed by atoms with van der Waals surface area (Å²) in [6, 6.07) is 18.2. The van der Waals surface area contributed by atoms with Crippen molar-refractivity contribution >= 4 is 12.1 Å². The highest BCUT2D eigenvalue weighted by Gasteiger charge is 2.31. The van der Waals surface area contributed by atoms with Gasteiger partial charge >= 0.3 is 12.1 Å². The van der Waals surface area contributed by atoms with Crippen molar-refractivity contribution in [2.45, 2.75) is 65.3 Å². The van der Waals surface area contributed by atoms with Gasteiger partial charge < -0.3 is 19.9 Å². The molecule has 1 N–H and O–H groups in total. The van der Waals surface area contributed by atoms with Crippen molar-refractivity contribution < 1.29 is 14.3 Å². The van der Waals surface area contributed by atoms with Crippen molar-refractivity contribution in [3.05, 3.63) is 71.3 Å². The zero-order chi connectivity index (χ0) is 23.1. The number of benzene rings is 2. The maximum Gasteiger partial charge on any atom is 0.410 e. The normalized spacial score (nSPS) is 14.7. The van der Waals surface area contributed by atoms with Crippen LogP contribution in [0.3, 0.4) is 0 Å². The van der Waals surface area contributed by atoms with Gasteiger partial charge in [0.25, 0.3) is 0 Å². The Morgan fingerprint density at radius 1 is 1.00 bits per heavy atom. The van der Waals surface area contributed by atoms with Gasteiger partial charge in [-0.1, -0.05) is 60.2 Å². The molecule has 0 aromatic heterocycles. The molecule has 6 nitrogen and oxygen atoms in total. The van der Waals surface area contributed by atoms with Crippen molar-refractivity contribution in [1.82, 2.24) is 15.1 Å². The fourth-order valence-corrected chi connectivity index (χ4v) is 3.82. The molecule has 0 aliphatic carbocycles. The number of hydrogen-bond acceptors (Lipinski definition) is 3. The van der Waals surface area contributed by atoms with Gasteiger partial charge in [0.05, 0.1) is 0 Å². The molecule has 1 fully saturated rings. The van der Waals surface area contributed by atoms with E-state index < -0.39 is 5.60 Å². The number of piperidine rings is 1. The molecule has 32 heavy (non-hydrogen) atoms. The average Bonchev–Trinajstić information content (AvgIpc) is 2.76. The van der Waals surface area contributed by atoms with Crippen LogP contribution in [-0.4, -0.2) is 46.7 Å². The lowest BCUT2D eigenvalue weighted by atomic mass is 10.0. The minimum Gasteiger partial charge on any atom is -0.444 e. The molecule has 1 saturated heterocycles. The number of hydrogen-bond donors (Lipinski definition) is 1. The Morgan fingerprint density at radius 2 is 1.62 bits per heavy atom. The maximum absolute atomic E-state index is 13.2. The SMILES string of the molecule is Cc1ccc(CNC(=O)N(Cc2ccccc2)C2CCN(C(=O)OC(C)(C)C)CC2)cc1. The van der Waals surface area contributed by atoms with E-state index in [1.54, 1.807) is 4.90 Å². The second kappa shape index (κ2) is 10.5. The number of carbonyl (C=O) groups excluding carboxylic acids is 2. The van der Waals surface area contributed by atoms with Gasteiger partial charge in [0.2, 0.25) is 0 Å². The standard InChI is InChI=1S/C26H35N3O3/c1-20-10-12-21(13-11-20)18-27-24(30)29(19-22-8-6-5-7-9-22)23-14-16-28(17-15-23)25(31)32-26(2,3)4/h5-13,23H,14-19H2,1-4H3,(H,27,30). The molecule has 1 heterocycles. The predicted molar refractivity (Wildman–Crippen MR) is 126 cm³/mol. The van der Waals surface area contributed by atoms with Crippen molar-refractivity contribution in [2.75, 3.05) is 13.1 Å². The number of carbonyl (C=O) groups is 2. The summed E-state index contributed by atoms with van der Waals surface area (Å²) < 4.78 is 5.51. The molecule has 1 aliphatic rings. The lowest BCUT2D eigenvalue weighted by Gasteiger charge is -2.39. The van der Waals surface area contributed by atoms with Crippen LogP contribution in [0, 0.1) is 6.92 Å². The van der Waals surface area contributed by atoms with Crippen molar-refractivity contribution in [2.24, 2.45) is 0 Å². The summed E-state index contributed by atoms with van der Waals surface area (Å²) in [5.41, 5.74) is 2.85. The Morgan fingerprint density at radius 3 is 2.22 bits per heavy atom. The molecule has 0 atom stereocenters. The minimum absolute atomic E-state index is 0.0620. The molecule has 0 radical (unpaired) electrons. The monoisotopic (exact) mass is 437 g/mol. The minimum atomic E-state index is -0.511. The molecule has 2 aromatic rings. The second-order valence-corrected chi connectivity index (χ2v) is 9.46. The number of rotatable bonds is 5. The summed E-state index contributed by atoms with van der Waals surface area (Å²) in [7, 11) is 0. The highest BCUT2D eigenvalue weighted by Crippen LogP contribution is 2.21. The topological polar surface area (TPSA) is 61.9 Å². The van der Waals surface area contributed by atoms with Crippen molar-refractivity contribution in [1.29, 1.82) is 0 Å². The summed E-state index contributed by atoms with van der Waals surface area (Å²) in [6.07, 6.45) is 1.17. The third kappa shape index (κ3) is 7.01. The first-order chi connectivity index (χ1) is 15.2. The highest BCUT2D eigenvalue weighted by atomic mass is 16.6. The lowest BCUT2D eigenvalue weighted by molar-refractivity contribution is 0.0161. The van der Waals surface area contributed by atoms with Gasteiger partial charge in [-0.2, -0.15) is 0 Å². The first-order valence-electron chi connectivity index (χ1n) is 11.3. The summed E-state index contributed by atoms with van der Waals surface area (Å²) in [5.74, 6) is 0. The molecular weight excluding hydrogens is 402 g/mol. The Hall–Kier alpha value is -3.02. The van der Waals surface area contributed by atoms with Crippen molar-refractivity contribution in [3.8, 4) is 0 Å². The predicted octanol–water partition coefficient (Wildman–Crippen LogP) is 5.11. The Labute approximate surface area is 191 Å². The van der Waals surface area contributed by atoms with Gasteiger partial charge in [0.15, 0.2) is 0 Å². The molecule has 2 aromatic carbocycles. The average molecular weight is 438 g/mol. The maximum atomic E-state index is 13.2. The van der Waals surface area contributed by atoms with E-state index in [4.69, 9.17) is 4.74 Å². The van der Waals surface area contributed by atoms with Crippen LogP contribution in [0.5, 0.6) is 0 Å². The van der Waals surface area contributed by atoms with Crippen LogP contribution in [-0.2, 0) is 17.8 Å². The molecule has 6 heteroatoms.